The van der Waals surface area contributed by atoms with Crippen molar-refractivity contribution in [3.8, 4) is 17.2 Å². The second-order valence-corrected chi connectivity index (χ2v) is 36.1. The summed E-state index contributed by atoms with van der Waals surface area (Å²) in [5, 5.41) is 25.9. The molecule has 1 saturated heterocycles. The number of benzene rings is 4. The van der Waals surface area contributed by atoms with Crippen LogP contribution in [0.1, 0.15) is 130 Å². The van der Waals surface area contributed by atoms with Gasteiger partial charge in [-0.05, 0) is 157 Å². The summed E-state index contributed by atoms with van der Waals surface area (Å²) >= 11 is 0. The Balaban J connectivity index is 0.000000669. The highest BCUT2D eigenvalue weighted by Crippen LogP contribution is 2.38. The van der Waals surface area contributed by atoms with Crippen molar-refractivity contribution < 1.29 is 137 Å². The van der Waals surface area contributed by atoms with Crippen molar-refractivity contribution in [2.24, 2.45) is 31.7 Å². The lowest BCUT2D eigenvalue weighted by Crippen LogP contribution is -2.51. The van der Waals surface area contributed by atoms with Gasteiger partial charge in [0.25, 0.3) is 0 Å². The number of aryl methyl sites for hydroxylation is 1. The lowest BCUT2D eigenvalue weighted by Gasteiger charge is -2.36. The number of nitrogens with zero attached hydrogens (tertiary/aromatic N) is 10. The summed E-state index contributed by atoms with van der Waals surface area (Å²) in [6.45, 7) is 42.4. The number of anilines is 1. The summed E-state index contributed by atoms with van der Waals surface area (Å²) in [7, 11) is -3.77. The summed E-state index contributed by atoms with van der Waals surface area (Å²) in [6, 6.07) is 26.9. The number of amides is 1. The number of sulfonamides is 1. The number of fused-ring (bicyclic) bond motifs is 1. The first-order valence-corrected chi connectivity index (χ1v) is 51.0. The molecule has 6 rings (SSSR count). The second kappa shape index (κ2) is 82.7. The fraction of sp³-hybridized carbons (Fsp3) is 0.667. The maximum Gasteiger partial charge on any atom is 0.308 e. The first-order chi connectivity index (χ1) is 69.9. The number of hydrogen-bond acceptors (Lipinski definition) is 35. The molecule has 0 unspecified atom stereocenters. The van der Waals surface area contributed by atoms with Gasteiger partial charge in [0, 0.05) is 93.0 Å². The molecule has 2 aliphatic heterocycles. The SMILES string of the molecule is CC(C)(C)OC(=O)CCOCCOCCOCCOCCOCCOCCOCCOCCOCCOCCN=[N+]=[N-].CCCN(CCC)C(=O)C1=Cc2c(CCCCN=C(CCCOCCOCCOCCOCCOCCOCCOCCOCCOCCOCCC(=O)OC(C)(C)C)Nc3cccc(C#N)c3)cc(-c3cccc(S(=O)(=O)N4CC(CO)C4)c3)cc2N=C(N)C1.[C-]#[N+]c1cccc(N=C=O)c1. The van der Waals surface area contributed by atoms with Gasteiger partial charge in [-0.3, -0.25) is 19.4 Å². The van der Waals surface area contributed by atoms with E-state index >= 15 is 0 Å². The number of azide groups is 1. The van der Waals surface area contributed by atoms with Crippen molar-refractivity contribution >= 4 is 74.4 Å². The normalized spacial score (nSPS) is 12.7. The van der Waals surface area contributed by atoms with Gasteiger partial charge in [-0.1, -0.05) is 55.4 Å². The number of isocyanates is 1. The Morgan fingerprint density at radius 1 is 0.535 bits per heavy atom. The fourth-order valence-electron chi connectivity index (χ4n) is 13.0. The van der Waals surface area contributed by atoms with Crippen LogP contribution in [-0.2, 0) is 140 Å². The van der Waals surface area contributed by atoms with Crippen molar-refractivity contribution in [3.05, 3.63) is 129 Å². The van der Waals surface area contributed by atoms with Gasteiger partial charge in [0.15, 0.2) is 5.69 Å². The quantitative estimate of drug-likeness (QED) is 0.00425. The molecule has 41 nitrogen and oxygen atoms in total. The molecule has 1 amide bonds. The topological polar surface area (TPSA) is 484 Å². The van der Waals surface area contributed by atoms with E-state index in [-0.39, 0.29) is 67.6 Å². The van der Waals surface area contributed by atoms with E-state index < -0.39 is 21.2 Å². The molecule has 144 heavy (non-hydrogen) atoms. The fourth-order valence-corrected chi connectivity index (χ4v) is 14.7. The van der Waals surface area contributed by atoms with Crippen LogP contribution in [0, 0.1) is 23.8 Å². The van der Waals surface area contributed by atoms with E-state index in [1.807, 2.05) is 76.8 Å². The maximum absolute atomic E-state index is 14.1. The monoisotopic (exact) mass is 2050 g/mol. The Bertz CT molecular complexity index is 4510. The number of carbonyl (C=O) groups excluding carboxylic acids is 4. The number of hydrogen-bond donors (Lipinski definition) is 3. The standard InChI is InChI=1S/C67H101N7O16S.C27H53N3O12.C8H4N2O/c1-6-21-73(22-7-2)66(77)58-46-61-56(44-57(47-62(61)72-63(69)48-58)55-15-11-17-60(45-55)91(78,79)74-50-54(51-74)52-75)14-8-9-20-70-64(71-59-16-10-13-53(43-59)49-68)18-12-23-80-25-27-82-29-31-84-33-35-86-37-39-88-41-42-89-40-38-87-36-34-85-32-30-83-28-26-81-24-19-65(76)90-67(3,4)5;1-27(2,3)42-26(31)4-6-32-8-10-34-12-14-36-16-18-38-20-22-40-24-25-41-23-21-39-19-17-37-15-13-35-11-9-33-7-5-29-30-28;1-9-7-3-2-4-8(5-7)10-6-11/h10-11,13,15-17,43-47,54,75H,6-9,12,14,18-42,48,50-52H2,1-5H3,(H2,69,72)(H,70,71);4-25H2,1-3H3;2-5H. The Morgan fingerprint density at radius 2 is 0.958 bits per heavy atom. The Labute approximate surface area is 850 Å². The van der Waals surface area contributed by atoms with Gasteiger partial charge in [-0.15, -0.1) is 0 Å². The number of ether oxygens (including phenoxy) is 22. The molecule has 1 fully saturated rings. The van der Waals surface area contributed by atoms with Crippen LogP contribution in [0.15, 0.2) is 115 Å². The highest BCUT2D eigenvalue weighted by molar-refractivity contribution is 7.89. The van der Waals surface area contributed by atoms with Gasteiger partial charge in [0.1, 0.15) is 22.9 Å². The van der Waals surface area contributed by atoms with Gasteiger partial charge in [0.2, 0.25) is 22.0 Å². The summed E-state index contributed by atoms with van der Waals surface area (Å²) in [5.74, 6) is 0.424. The van der Waals surface area contributed by atoms with E-state index in [0.29, 0.717) is 349 Å². The van der Waals surface area contributed by atoms with Crippen LogP contribution in [-0.4, -0.2) is 380 Å². The Morgan fingerprint density at radius 3 is 1.37 bits per heavy atom. The van der Waals surface area contributed by atoms with Crippen molar-refractivity contribution in [2.45, 2.75) is 136 Å². The molecular weight excluding hydrogens is 1890 g/mol. The molecule has 4 N–H and O–H groups in total. The Kier molecular flexibility index (Phi) is 73.0. The number of nitrogens with two attached hydrogens (primary N) is 1. The van der Waals surface area contributed by atoms with Gasteiger partial charge in [-0.2, -0.15) is 14.6 Å². The first kappa shape index (κ1) is 127. The summed E-state index contributed by atoms with van der Waals surface area (Å²) in [4.78, 5) is 68.2. The smallest absolute Gasteiger partial charge is 0.308 e. The van der Waals surface area contributed by atoms with Gasteiger partial charge >= 0.3 is 11.9 Å². The average molecular weight is 2050 g/mol. The Hall–Kier alpha value is -9.29. The largest absolute Gasteiger partial charge is 0.460 e. The number of nitrogens with one attached hydrogen (secondary N) is 1. The molecule has 4 aromatic rings. The third-order valence-corrected chi connectivity index (χ3v) is 21.7. The number of amidine groups is 2. The van der Waals surface area contributed by atoms with Gasteiger partial charge in [0.05, 0.1) is 305 Å². The minimum absolute atomic E-state index is 0.0571. The molecule has 42 heteroatoms. The predicted molar refractivity (Wildman–Crippen MR) is 543 cm³/mol. The molecule has 0 atom stereocenters. The number of aliphatic hydroxyl groups excluding tert-OH is 1. The van der Waals surface area contributed by atoms with E-state index in [9.17, 15) is 38.0 Å². The number of aliphatic hydroxyl groups is 1. The van der Waals surface area contributed by atoms with Crippen LogP contribution in [0.5, 0.6) is 0 Å². The van der Waals surface area contributed by atoms with Gasteiger partial charge < -0.3 is 125 Å². The third-order valence-electron chi connectivity index (χ3n) is 19.8. The number of carbonyl (C=O) groups is 3. The van der Waals surface area contributed by atoms with E-state index in [2.05, 4.69) is 51.2 Å². The zero-order valence-corrected chi connectivity index (χ0v) is 86.7. The zero-order chi connectivity index (χ0) is 104. The van der Waals surface area contributed by atoms with Crippen molar-refractivity contribution in [2.75, 3.05) is 315 Å². The lowest BCUT2D eigenvalue weighted by atomic mass is 9.93. The average Bonchev–Trinajstić information content (AvgIpc) is 0.826. The van der Waals surface area contributed by atoms with Crippen LogP contribution in [0.25, 0.3) is 32.5 Å². The molecule has 806 valence electrons. The molecule has 0 spiro atoms. The van der Waals surface area contributed by atoms with Crippen molar-refractivity contribution in [1.29, 1.82) is 5.26 Å². The van der Waals surface area contributed by atoms with E-state index in [1.165, 1.54) is 16.5 Å². The molecular formula is C102H158N12O29S. The minimum atomic E-state index is -3.77. The molecule has 0 radical (unpaired) electrons. The predicted octanol–water partition coefficient (Wildman–Crippen LogP) is 12.2. The number of unbranched alkanes of at least 4 members (excludes halogenated alkanes) is 1. The molecule has 2 heterocycles. The first-order valence-electron chi connectivity index (χ1n) is 49.5. The highest BCUT2D eigenvalue weighted by atomic mass is 32.2. The molecule has 0 bridgehead atoms. The number of aliphatic imine (C=N–C) groups is 3. The van der Waals surface area contributed by atoms with Gasteiger partial charge in [-0.25, -0.2) is 23.0 Å². The zero-order valence-electron chi connectivity index (χ0n) is 85.9. The maximum atomic E-state index is 14.1. The molecule has 2 aliphatic rings. The summed E-state index contributed by atoms with van der Waals surface area (Å²) in [5.41, 5.74) is 20.4. The minimum Gasteiger partial charge on any atom is -0.460 e. The highest BCUT2D eigenvalue weighted by Gasteiger charge is 2.37. The van der Waals surface area contributed by atoms with E-state index in [4.69, 9.17) is 132 Å². The van der Waals surface area contributed by atoms with Crippen LogP contribution in [0.2, 0.25) is 0 Å². The van der Waals surface area contributed by atoms with Crippen LogP contribution in [0.3, 0.4) is 0 Å². The number of nitriles is 1. The number of esters is 2. The second-order valence-electron chi connectivity index (χ2n) is 34.1. The molecule has 4 aromatic carbocycles. The summed E-state index contributed by atoms with van der Waals surface area (Å²) < 4.78 is 149. The third kappa shape index (κ3) is 64.6. The number of rotatable bonds is 83. The molecule has 0 aromatic heterocycles. The van der Waals surface area contributed by atoms with Crippen LogP contribution < -0.4 is 11.1 Å². The van der Waals surface area contributed by atoms with Crippen molar-refractivity contribution in [3.63, 3.8) is 0 Å². The molecule has 0 saturated carbocycles. The van der Waals surface area contributed by atoms with E-state index in [0.717, 1.165) is 53.9 Å². The van der Waals surface area contributed by atoms with Crippen LogP contribution >= 0.6 is 0 Å². The van der Waals surface area contributed by atoms with E-state index in [1.54, 1.807) is 48.5 Å². The molecule has 0 aliphatic carbocycles. The summed E-state index contributed by atoms with van der Waals surface area (Å²) in [6.07, 6.45) is 9.06. The van der Waals surface area contributed by atoms with Crippen LogP contribution in [0.4, 0.5) is 22.7 Å². The lowest BCUT2D eigenvalue weighted by molar-refractivity contribution is -0.157. The van der Waals surface area contributed by atoms with Crippen molar-refractivity contribution in [1.82, 2.24) is 9.21 Å².